The number of hydrogen-bond donors (Lipinski definition) is 2. The Morgan fingerprint density at radius 2 is 2.00 bits per heavy atom. The summed E-state index contributed by atoms with van der Waals surface area (Å²) >= 11 is 0. The largest absolute Gasteiger partial charge is 0.394 e. The Hall–Kier alpha value is -0.200. The van der Waals surface area contributed by atoms with Gasteiger partial charge in [-0.1, -0.05) is 0 Å². The summed E-state index contributed by atoms with van der Waals surface area (Å²) in [5, 5.41) is 18.2. The average Bonchev–Trinajstić information content (AvgIpc) is 2.41. The Balaban J connectivity index is 2.58. The zero-order chi connectivity index (χ0) is 9.14. The van der Waals surface area contributed by atoms with Crippen molar-refractivity contribution in [1.82, 2.24) is 0 Å². The number of hydrogen-bond acceptors (Lipinski definition) is 5. The fraction of sp³-hybridized carbons (Fsp3) is 1.00. The van der Waals surface area contributed by atoms with Crippen molar-refractivity contribution in [2.45, 2.75) is 24.6 Å². The Bertz CT molecular complexity index is 138. The van der Waals surface area contributed by atoms with E-state index in [-0.39, 0.29) is 6.61 Å². The molecular weight excluding hydrogens is 164 g/mol. The van der Waals surface area contributed by atoms with Gasteiger partial charge in [0.1, 0.15) is 18.3 Å². The highest BCUT2D eigenvalue weighted by Crippen LogP contribution is 2.23. The van der Waals surface area contributed by atoms with E-state index in [0.717, 1.165) is 0 Å². The van der Waals surface area contributed by atoms with Crippen LogP contribution in [0, 0.1) is 0 Å². The van der Waals surface area contributed by atoms with Crippen LogP contribution in [0.3, 0.4) is 0 Å². The monoisotopic (exact) mass is 178 g/mol. The average molecular weight is 178 g/mol. The summed E-state index contributed by atoms with van der Waals surface area (Å²) in [6, 6.07) is 0. The van der Waals surface area contributed by atoms with E-state index in [4.69, 9.17) is 19.3 Å². The summed E-state index contributed by atoms with van der Waals surface area (Å²) in [7, 11) is 2.92. The van der Waals surface area contributed by atoms with E-state index < -0.39 is 24.6 Å². The molecule has 0 bridgehead atoms. The predicted octanol–water partition coefficient (Wildman–Crippen LogP) is -1.27. The lowest BCUT2D eigenvalue weighted by atomic mass is 10.1. The number of methoxy groups -OCH3 is 2. The Kier molecular flexibility index (Phi) is 3.42. The van der Waals surface area contributed by atoms with Crippen LogP contribution < -0.4 is 0 Å². The minimum absolute atomic E-state index is 0.235. The molecule has 1 rings (SSSR count). The molecule has 0 amide bonds. The third-order valence-corrected chi connectivity index (χ3v) is 1.98. The molecule has 0 saturated carbocycles. The van der Waals surface area contributed by atoms with Gasteiger partial charge in [-0.05, 0) is 0 Å². The molecule has 0 aliphatic carbocycles. The van der Waals surface area contributed by atoms with Gasteiger partial charge in [0.05, 0.1) is 6.61 Å². The first-order valence-corrected chi connectivity index (χ1v) is 3.74. The molecule has 2 unspecified atom stereocenters. The highest BCUT2D eigenvalue weighted by molar-refractivity contribution is 4.87. The van der Waals surface area contributed by atoms with Crippen molar-refractivity contribution in [3.63, 3.8) is 0 Å². The fourth-order valence-corrected chi connectivity index (χ4v) is 1.29. The first-order chi connectivity index (χ1) is 5.74. The molecule has 0 spiro atoms. The van der Waals surface area contributed by atoms with Gasteiger partial charge in [-0.3, -0.25) is 0 Å². The molecular formula is C7H14O5. The summed E-state index contributed by atoms with van der Waals surface area (Å²) in [4.78, 5) is 0. The SMILES string of the molecule is COC1C(O)[C@@H](CO)O[C@@H]1OC. The number of ether oxygens (including phenoxy) is 3. The maximum atomic E-state index is 9.46. The van der Waals surface area contributed by atoms with Crippen LogP contribution in [-0.4, -0.2) is 55.6 Å². The van der Waals surface area contributed by atoms with Gasteiger partial charge in [0.2, 0.25) is 0 Å². The molecule has 0 aromatic heterocycles. The summed E-state index contributed by atoms with van der Waals surface area (Å²) < 4.78 is 15.0. The maximum Gasteiger partial charge on any atom is 0.186 e. The van der Waals surface area contributed by atoms with Gasteiger partial charge in [0.25, 0.3) is 0 Å². The van der Waals surface area contributed by atoms with Gasteiger partial charge in [-0.2, -0.15) is 0 Å². The second kappa shape index (κ2) is 4.15. The van der Waals surface area contributed by atoms with Crippen LogP contribution in [0.25, 0.3) is 0 Å². The van der Waals surface area contributed by atoms with Crippen LogP contribution in [0.2, 0.25) is 0 Å². The Morgan fingerprint density at radius 1 is 1.33 bits per heavy atom. The zero-order valence-electron chi connectivity index (χ0n) is 7.14. The summed E-state index contributed by atoms with van der Waals surface area (Å²) in [6.07, 6.45) is -2.56. The van der Waals surface area contributed by atoms with Crippen molar-refractivity contribution in [3.8, 4) is 0 Å². The molecule has 72 valence electrons. The Morgan fingerprint density at radius 3 is 2.33 bits per heavy atom. The molecule has 0 aromatic rings. The normalized spacial score (nSPS) is 42.0. The van der Waals surface area contributed by atoms with E-state index in [0.29, 0.717) is 0 Å². The smallest absolute Gasteiger partial charge is 0.186 e. The quantitative estimate of drug-likeness (QED) is 0.563. The molecule has 2 N–H and O–H groups in total. The first-order valence-electron chi connectivity index (χ1n) is 3.74. The molecule has 1 saturated heterocycles. The van der Waals surface area contributed by atoms with E-state index in [1.54, 1.807) is 0 Å². The van der Waals surface area contributed by atoms with E-state index in [1.165, 1.54) is 14.2 Å². The summed E-state index contributed by atoms with van der Waals surface area (Å²) in [5.41, 5.74) is 0. The molecule has 0 radical (unpaired) electrons. The highest BCUT2D eigenvalue weighted by Gasteiger charge is 2.43. The second-order valence-corrected chi connectivity index (χ2v) is 2.65. The van der Waals surface area contributed by atoms with Crippen molar-refractivity contribution in [2.24, 2.45) is 0 Å². The molecule has 4 atom stereocenters. The first kappa shape index (κ1) is 9.88. The van der Waals surface area contributed by atoms with Gasteiger partial charge >= 0.3 is 0 Å². The van der Waals surface area contributed by atoms with E-state index in [1.807, 2.05) is 0 Å². The lowest BCUT2D eigenvalue weighted by Gasteiger charge is -2.16. The fourth-order valence-electron chi connectivity index (χ4n) is 1.29. The topological polar surface area (TPSA) is 68.2 Å². The van der Waals surface area contributed by atoms with Crippen molar-refractivity contribution in [3.05, 3.63) is 0 Å². The summed E-state index contributed by atoms with van der Waals surface area (Å²) in [6.45, 7) is -0.235. The number of aliphatic hydroxyl groups is 2. The molecule has 5 heteroatoms. The number of rotatable bonds is 3. The van der Waals surface area contributed by atoms with Crippen LogP contribution in [0.15, 0.2) is 0 Å². The summed E-state index contributed by atoms with van der Waals surface area (Å²) in [5.74, 6) is 0. The van der Waals surface area contributed by atoms with Gasteiger partial charge in [0, 0.05) is 14.2 Å². The molecule has 1 fully saturated rings. The van der Waals surface area contributed by atoms with E-state index >= 15 is 0 Å². The van der Waals surface area contributed by atoms with Crippen LogP contribution in [0.4, 0.5) is 0 Å². The van der Waals surface area contributed by atoms with Gasteiger partial charge in [-0.25, -0.2) is 0 Å². The molecule has 1 aliphatic heterocycles. The van der Waals surface area contributed by atoms with Crippen LogP contribution >= 0.6 is 0 Å². The number of aliphatic hydroxyl groups excluding tert-OH is 2. The predicted molar refractivity (Wildman–Crippen MR) is 39.6 cm³/mol. The van der Waals surface area contributed by atoms with Crippen LogP contribution in [0.5, 0.6) is 0 Å². The molecule has 1 aliphatic rings. The minimum atomic E-state index is -0.829. The van der Waals surface area contributed by atoms with Gasteiger partial charge in [0.15, 0.2) is 6.29 Å². The Labute approximate surface area is 70.9 Å². The standard InChI is InChI=1S/C7H14O5/c1-10-6-5(9)4(3-8)12-7(6)11-2/h4-9H,3H2,1-2H3/t4-,5?,6?,7+/m1/s1. The lowest BCUT2D eigenvalue weighted by Crippen LogP contribution is -2.35. The second-order valence-electron chi connectivity index (χ2n) is 2.65. The van der Waals surface area contributed by atoms with Gasteiger partial charge < -0.3 is 24.4 Å². The zero-order valence-corrected chi connectivity index (χ0v) is 7.14. The van der Waals surface area contributed by atoms with E-state index in [2.05, 4.69) is 0 Å². The minimum Gasteiger partial charge on any atom is -0.394 e. The van der Waals surface area contributed by atoms with Crippen molar-refractivity contribution in [1.29, 1.82) is 0 Å². The van der Waals surface area contributed by atoms with Crippen molar-refractivity contribution in [2.75, 3.05) is 20.8 Å². The maximum absolute atomic E-state index is 9.46. The third kappa shape index (κ3) is 1.60. The van der Waals surface area contributed by atoms with Crippen LogP contribution in [-0.2, 0) is 14.2 Å². The highest BCUT2D eigenvalue weighted by atomic mass is 16.7. The van der Waals surface area contributed by atoms with Crippen LogP contribution in [0.1, 0.15) is 0 Å². The molecule has 0 aromatic carbocycles. The third-order valence-electron chi connectivity index (χ3n) is 1.98. The molecule has 1 heterocycles. The molecule has 5 nitrogen and oxygen atoms in total. The van der Waals surface area contributed by atoms with Crippen molar-refractivity contribution < 1.29 is 24.4 Å². The van der Waals surface area contributed by atoms with E-state index in [9.17, 15) is 5.11 Å². The lowest BCUT2D eigenvalue weighted by molar-refractivity contribution is -0.159. The molecule has 12 heavy (non-hydrogen) atoms. The van der Waals surface area contributed by atoms with Crippen molar-refractivity contribution >= 4 is 0 Å². The van der Waals surface area contributed by atoms with Gasteiger partial charge in [-0.15, -0.1) is 0 Å².